The molecule has 0 aliphatic heterocycles. The summed E-state index contributed by atoms with van der Waals surface area (Å²) in [7, 11) is 0. The summed E-state index contributed by atoms with van der Waals surface area (Å²) in [6.07, 6.45) is 2.07. The molecule has 0 saturated heterocycles. The summed E-state index contributed by atoms with van der Waals surface area (Å²) in [5, 5.41) is 2.48. The van der Waals surface area contributed by atoms with Crippen LogP contribution in [0.5, 0.6) is 0 Å². The molecule has 0 fully saturated rings. The van der Waals surface area contributed by atoms with E-state index in [2.05, 4.69) is 27.1 Å². The Bertz CT molecular complexity index is 2140. The van der Waals surface area contributed by atoms with Gasteiger partial charge < -0.3 is 14.4 Å². The Morgan fingerprint density at radius 2 is 1.79 bits per heavy atom. The first kappa shape index (κ1) is 23.8. The minimum absolute atomic E-state index is 0. The smallest absolute Gasteiger partial charge is 0.216 e. The van der Waals surface area contributed by atoms with Gasteiger partial charge in [0.2, 0.25) is 5.71 Å². The molecule has 0 saturated carbocycles. The van der Waals surface area contributed by atoms with Crippen LogP contribution in [0.4, 0.5) is 0 Å². The molecule has 0 bridgehead atoms. The standard InChI is InChI=1S/C25H23N2OS.C11H8N.Ir/c1-14-9-10-17-16-7-6-8-18(23(16)28-24(17)27-14)20-11-19-15(2)21(12-25(3,4)5)29-22(19)13-26-20;1-2-6-10(7-3-1)11-8-4-5-9-12-11;/h6-7,9-11,13H,12H2,1-5H3;1-6,8-9H;/q2*-1;/i1D3,12D2;;. The van der Waals surface area contributed by atoms with Crippen molar-refractivity contribution in [2.24, 2.45) is 5.41 Å². The molecule has 213 valence electrons. The van der Waals surface area contributed by atoms with Gasteiger partial charge in [-0.05, 0) is 66.1 Å². The van der Waals surface area contributed by atoms with Crippen molar-refractivity contribution in [3.63, 3.8) is 0 Å². The molecule has 7 rings (SSSR count). The third kappa shape index (κ3) is 6.22. The van der Waals surface area contributed by atoms with Gasteiger partial charge in [-0.2, -0.15) is 0 Å². The van der Waals surface area contributed by atoms with Crippen molar-refractivity contribution in [2.75, 3.05) is 0 Å². The summed E-state index contributed by atoms with van der Waals surface area (Å²) in [6, 6.07) is 28.9. The molecule has 0 amide bonds. The Morgan fingerprint density at radius 3 is 2.52 bits per heavy atom. The fourth-order valence-corrected chi connectivity index (χ4v) is 5.88. The Hall–Kier alpha value is -3.70. The molecule has 7 aromatic rings. The second-order valence-electron chi connectivity index (χ2n) is 10.7. The van der Waals surface area contributed by atoms with Gasteiger partial charge in [-0.1, -0.05) is 49.9 Å². The third-order valence-corrected chi connectivity index (χ3v) is 7.67. The van der Waals surface area contributed by atoms with Crippen LogP contribution in [0.25, 0.3) is 54.7 Å². The number of fused-ring (bicyclic) bond motifs is 4. The van der Waals surface area contributed by atoms with E-state index in [-0.39, 0.29) is 31.5 Å². The minimum Gasteiger partial charge on any atom is -0.486 e. The molecule has 0 spiro atoms. The molecule has 5 heterocycles. The molecular formula is C36H31IrN3OS-2. The molecule has 5 aromatic heterocycles. The van der Waals surface area contributed by atoms with Gasteiger partial charge in [0.25, 0.3) is 0 Å². The van der Waals surface area contributed by atoms with E-state index in [1.807, 2.05) is 82.3 Å². The van der Waals surface area contributed by atoms with Crippen LogP contribution in [0.2, 0.25) is 0 Å². The number of benzene rings is 2. The van der Waals surface area contributed by atoms with Gasteiger partial charge in [0.15, 0.2) is 0 Å². The topological polar surface area (TPSA) is 51.8 Å². The van der Waals surface area contributed by atoms with E-state index < -0.39 is 18.6 Å². The van der Waals surface area contributed by atoms with E-state index in [0.717, 1.165) is 37.7 Å². The number of hydrogen-bond donors (Lipinski definition) is 0. The van der Waals surface area contributed by atoms with Crippen molar-refractivity contribution in [1.29, 1.82) is 0 Å². The van der Waals surface area contributed by atoms with Gasteiger partial charge in [0, 0.05) is 55.3 Å². The SMILES string of the molecule is [2H]C([2H])([2H])c1ccc2c(n1)oc1c(-c3cc4c(C)c(C([2H])([2H])C(C)(C)C)sc4cn3)[c-]ccc12.[Ir].[c-]1ccccc1-c1ccccn1. The van der Waals surface area contributed by atoms with Gasteiger partial charge in [0.05, 0.1) is 10.3 Å². The molecule has 4 nitrogen and oxygen atoms in total. The number of rotatable bonds is 3. The maximum absolute atomic E-state index is 8.73. The average Bonchev–Trinajstić information content (AvgIpc) is 3.58. The summed E-state index contributed by atoms with van der Waals surface area (Å²) in [4.78, 5) is 13.8. The van der Waals surface area contributed by atoms with Crippen molar-refractivity contribution in [3.8, 4) is 22.5 Å². The maximum Gasteiger partial charge on any atom is 0.216 e. The molecule has 0 atom stereocenters. The second-order valence-corrected chi connectivity index (χ2v) is 11.8. The first-order valence-corrected chi connectivity index (χ1v) is 14.1. The van der Waals surface area contributed by atoms with Crippen LogP contribution in [0, 0.1) is 31.3 Å². The predicted octanol–water partition coefficient (Wildman–Crippen LogP) is 9.81. The van der Waals surface area contributed by atoms with E-state index in [4.69, 9.17) is 11.3 Å². The molecule has 0 unspecified atom stereocenters. The zero-order chi connectivity index (χ0) is 32.9. The fourth-order valence-electron chi connectivity index (χ4n) is 4.61. The van der Waals surface area contributed by atoms with E-state index in [9.17, 15) is 0 Å². The number of furan rings is 1. The normalized spacial score (nSPS) is 13.8. The van der Waals surface area contributed by atoms with Gasteiger partial charge in [-0.25, -0.2) is 4.98 Å². The fraction of sp³-hybridized carbons (Fsp3) is 0.194. The monoisotopic (exact) mass is 751 g/mol. The van der Waals surface area contributed by atoms with Crippen molar-refractivity contribution in [3.05, 3.63) is 113 Å². The molecule has 0 aliphatic rings. The van der Waals surface area contributed by atoms with E-state index >= 15 is 0 Å². The quantitative estimate of drug-likeness (QED) is 0.169. The molecule has 1 radical (unpaired) electrons. The Balaban J connectivity index is 0.000000280. The van der Waals surface area contributed by atoms with Crippen LogP contribution in [-0.2, 0) is 26.5 Å². The summed E-state index contributed by atoms with van der Waals surface area (Å²) in [5.41, 5.74) is 4.45. The van der Waals surface area contributed by atoms with E-state index in [1.165, 1.54) is 17.4 Å². The summed E-state index contributed by atoms with van der Waals surface area (Å²) >= 11 is 1.44. The Kier molecular flexibility index (Phi) is 6.96. The van der Waals surface area contributed by atoms with E-state index in [0.29, 0.717) is 21.7 Å². The van der Waals surface area contributed by atoms with Crippen LogP contribution in [0.3, 0.4) is 0 Å². The molecule has 6 heteroatoms. The van der Waals surface area contributed by atoms with Crippen LogP contribution in [-0.4, -0.2) is 15.0 Å². The summed E-state index contributed by atoms with van der Waals surface area (Å²) < 4.78 is 47.3. The predicted molar refractivity (Wildman–Crippen MR) is 170 cm³/mol. The Morgan fingerprint density at radius 1 is 0.929 bits per heavy atom. The minimum atomic E-state index is -2.32. The van der Waals surface area contributed by atoms with Gasteiger partial charge in [-0.3, -0.25) is 0 Å². The molecule has 42 heavy (non-hydrogen) atoms. The zero-order valence-electron chi connectivity index (χ0n) is 28.6. The van der Waals surface area contributed by atoms with Crippen molar-refractivity contribution >= 4 is 43.5 Å². The van der Waals surface area contributed by atoms with Gasteiger partial charge >= 0.3 is 0 Å². The number of aryl methyl sites for hydroxylation is 2. The number of aromatic nitrogens is 3. The molecular weight excluding hydrogens is 715 g/mol. The van der Waals surface area contributed by atoms with Crippen molar-refractivity contribution in [1.82, 2.24) is 15.0 Å². The number of hydrogen-bond acceptors (Lipinski definition) is 5. The summed E-state index contributed by atoms with van der Waals surface area (Å²) in [6.45, 7) is 5.35. The van der Waals surface area contributed by atoms with Gasteiger partial charge in [0.1, 0.15) is 0 Å². The van der Waals surface area contributed by atoms with Crippen LogP contribution >= 0.6 is 11.3 Å². The largest absolute Gasteiger partial charge is 0.486 e. The van der Waals surface area contributed by atoms with E-state index in [1.54, 1.807) is 24.5 Å². The number of nitrogens with zero attached hydrogens (tertiary/aromatic N) is 3. The number of thiophene rings is 1. The first-order valence-electron chi connectivity index (χ1n) is 15.8. The number of pyridine rings is 3. The average molecular weight is 751 g/mol. The third-order valence-electron chi connectivity index (χ3n) is 6.52. The van der Waals surface area contributed by atoms with Crippen LogP contribution in [0.15, 0.2) is 89.6 Å². The summed E-state index contributed by atoms with van der Waals surface area (Å²) in [5.74, 6) is 0. The van der Waals surface area contributed by atoms with Crippen LogP contribution < -0.4 is 0 Å². The van der Waals surface area contributed by atoms with Gasteiger partial charge in [-0.15, -0.1) is 65.4 Å². The van der Waals surface area contributed by atoms with Crippen LogP contribution in [0.1, 0.15) is 43.8 Å². The van der Waals surface area contributed by atoms with Crippen molar-refractivity contribution in [2.45, 2.75) is 40.9 Å². The molecule has 2 aromatic carbocycles. The molecule has 0 N–H and O–H groups in total. The maximum atomic E-state index is 8.73. The molecule has 0 aliphatic carbocycles. The first-order chi connectivity index (χ1) is 21.8. The second kappa shape index (κ2) is 12.3. The Labute approximate surface area is 271 Å². The zero-order valence-corrected chi connectivity index (χ0v) is 26.8. The van der Waals surface area contributed by atoms with Crippen molar-refractivity contribution < 1.29 is 31.4 Å².